The largest absolute Gasteiger partial charge is 0.481 e. The molecule has 3 unspecified atom stereocenters. The van der Waals surface area contributed by atoms with Crippen molar-refractivity contribution in [2.45, 2.75) is 58.0 Å². The molecule has 1 aliphatic rings. The Morgan fingerprint density at radius 1 is 1.27 bits per heavy atom. The summed E-state index contributed by atoms with van der Waals surface area (Å²) in [7, 11) is 0. The molecule has 4 nitrogen and oxygen atoms in total. The summed E-state index contributed by atoms with van der Waals surface area (Å²) < 4.78 is 13.2. The van der Waals surface area contributed by atoms with Crippen molar-refractivity contribution in [2.75, 3.05) is 0 Å². The molecule has 1 saturated carbocycles. The van der Waals surface area contributed by atoms with E-state index in [0.29, 0.717) is 12.8 Å². The van der Waals surface area contributed by atoms with Gasteiger partial charge in [0, 0.05) is 24.7 Å². The third-order valence-corrected chi connectivity index (χ3v) is 5.12. The zero-order valence-electron chi connectivity index (χ0n) is 15.2. The number of carboxylic acid groups (broad SMARTS) is 1. The molecule has 142 valence electrons. The fraction of sp³-hybridized carbons (Fsp3) is 0.524. The lowest BCUT2D eigenvalue weighted by atomic mass is 9.88. The molecule has 5 heteroatoms. The second-order valence-corrected chi connectivity index (χ2v) is 7.13. The number of aliphatic hydroxyl groups excluding tert-OH is 1. The van der Waals surface area contributed by atoms with Crippen molar-refractivity contribution in [3.05, 3.63) is 41.2 Å². The molecule has 1 fully saturated rings. The van der Waals surface area contributed by atoms with E-state index in [1.807, 2.05) is 19.1 Å². The third-order valence-electron chi connectivity index (χ3n) is 5.12. The predicted octanol–water partition coefficient (Wildman–Crippen LogP) is 4.14. The number of aliphatic hydroxyl groups is 1. The molecule has 0 aliphatic heterocycles. The lowest BCUT2D eigenvalue weighted by Gasteiger charge is -2.17. The van der Waals surface area contributed by atoms with Gasteiger partial charge in [-0.3, -0.25) is 9.59 Å². The van der Waals surface area contributed by atoms with Crippen LogP contribution in [0.4, 0.5) is 4.39 Å². The molecular formula is C21H27FO4. The number of carbonyl (C=O) groups is 2. The van der Waals surface area contributed by atoms with Crippen LogP contribution < -0.4 is 0 Å². The molecule has 0 spiro atoms. The Morgan fingerprint density at radius 3 is 2.69 bits per heavy atom. The zero-order valence-corrected chi connectivity index (χ0v) is 15.2. The van der Waals surface area contributed by atoms with Gasteiger partial charge in [0.15, 0.2) is 0 Å². The summed E-state index contributed by atoms with van der Waals surface area (Å²) in [4.78, 5) is 22.7. The number of aryl methyl sites for hydroxylation is 1. The van der Waals surface area contributed by atoms with Gasteiger partial charge in [0.1, 0.15) is 11.6 Å². The standard InChI is InChI=1S/C21H27FO4/c1-14-12-16(22)10-8-15(14)9-11-18-17(19(23)13-20(18)24)6-4-2-3-5-7-21(25)26/h8-12,17-18,20,24H,2-7,13H2,1H3,(H,25,26). The van der Waals surface area contributed by atoms with E-state index in [2.05, 4.69) is 0 Å². The van der Waals surface area contributed by atoms with Gasteiger partial charge in [0.25, 0.3) is 0 Å². The topological polar surface area (TPSA) is 74.6 Å². The number of hydrogen-bond donors (Lipinski definition) is 2. The minimum Gasteiger partial charge on any atom is -0.481 e. The van der Waals surface area contributed by atoms with E-state index in [1.54, 1.807) is 6.07 Å². The second-order valence-electron chi connectivity index (χ2n) is 7.13. The van der Waals surface area contributed by atoms with Crippen molar-refractivity contribution < 1.29 is 24.2 Å². The van der Waals surface area contributed by atoms with Gasteiger partial charge in [-0.25, -0.2) is 4.39 Å². The van der Waals surface area contributed by atoms with Gasteiger partial charge in [-0.2, -0.15) is 0 Å². The van der Waals surface area contributed by atoms with E-state index < -0.39 is 12.1 Å². The summed E-state index contributed by atoms with van der Waals surface area (Å²) in [6.07, 6.45) is 7.38. The quantitative estimate of drug-likeness (QED) is 0.648. The predicted molar refractivity (Wildman–Crippen MR) is 98.1 cm³/mol. The van der Waals surface area contributed by atoms with Crippen LogP contribution in [0.2, 0.25) is 0 Å². The van der Waals surface area contributed by atoms with Crippen molar-refractivity contribution in [1.29, 1.82) is 0 Å². The highest BCUT2D eigenvalue weighted by molar-refractivity contribution is 5.85. The first kappa shape index (κ1) is 20.3. The number of rotatable bonds is 9. The van der Waals surface area contributed by atoms with Crippen LogP contribution >= 0.6 is 0 Å². The third kappa shape index (κ3) is 5.77. The van der Waals surface area contributed by atoms with Gasteiger partial charge in [-0.15, -0.1) is 0 Å². The average molecular weight is 362 g/mol. The molecule has 26 heavy (non-hydrogen) atoms. The molecule has 0 radical (unpaired) electrons. The molecule has 0 bridgehead atoms. The van der Waals surface area contributed by atoms with Gasteiger partial charge in [0.05, 0.1) is 6.10 Å². The first-order valence-corrected chi connectivity index (χ1v) is 9.25. The maximum atomic E-state index is 13.2. The van der Waals surface area contributed by atoms with Gasteiger partial charge in [-0.1, -0.05) is 37.5 Å². The first-order chi connectivity index (χ1) is 12.4. The van der Waals surface area contributed by atoms with Crippen LogP contribution in [0.15, 0.2) is 24.3 Å². The van der Waals surface area contributed by atoms with Crippen LogP contribution in [0.25, 0.3) is 6.08 Å². The fourth-order valence-electron chi connectivity index (χ4n) is 3.63. The summed E-state index contributed by atoms with van der Waals surface area (Å²) in [5.41, 5.74) is 1.69. The highest BCUT2D eigenvalue weighted by atomic mass is 19.1. The van der Waals surface area contributed by atoms with Gasteiger partial charge < -0.3 is 10.2 Å². The molecule has 1 aromatic rings. The summed E-state index contributed by atoms with van der Waals surface area (Å²) in [6.45, 7) is 1.83. The lowest BCUT2D eigenvalue weighted by molar-refractivity contribution is -0.137. The normalized spacial score (nSPS) is 23.0. The van der Waals surface area contributed by atoms with Crippen molar-refractivity contribution in [3.8, 4) is 0 Å². The molecule has 1 aromatic carbocycles. The van der Waals surface area contributed by atoms with Crippen molar-refractivity contribution in [1.82, 2.24) is 0 Å². The maximum Gasteiger partial charge on any atom is 0.303 e. The molecule has 3 atom stereocenters. The van der Waals surface area contributed by atoms with Gasteiger partial charge in [0.2, 0.25) is 0 Å². The van der Waals surface area contributed by atoms with Crippen LogP contribution in [-0.2, 0) is 9.59 Å². The number of hydrogen-bond acceptors (Lipinski definition) is 3. The van der Waals surface area contributed by atoms with E-state index in [9.17, 15) is 19.1 Å². The van der Waals surface area contributed by atoms with Crippen LogP contribution in [-0.4, -0.2) is 28.1 Å². The molecule has 2 rings (SSSR count). The van der Waals surface area contributed by atoms with E-state index in [4.69, 9.17) is 5.11 Å². The summed E-state index contributed by atoms with van der Waals surface area (Å²) in [5.74, 6) is -1.38. The Hall–Kier alpha value is -2.01. The van der Waals surface area contributed by atoms with Gasteiger partial charge in [-0.05, 0) is 43.0 Å². The molecule has 0 heterocycles. The number of benzene rings is 1. The van der Waals surface area contributed by atoms with Crippen LogP contribution in [0, 0.1) is 24.6 Å². The Balaban J connectivity index is 1.91. The lowest BCUT2D eigenvalue weighted by Crippen LogP contribution is -2.18. The van der Waals surface area contributed by atoms with Crippen molar-refractivity contribution >= 4 is 17.8 Å². The van der Waals surface area contributed by atoms with Crippen LogP contribution in [0.3, 0.4) is 0 Å². The minimum atomic E-state index is -0.777. The Bertz CT molecular complexity index is 668. The van der Waals surface area contributed by atoms with Crippen molar-refractivity contribution in [2.24, 2.45) is 11.8 Å². The number of carboxylic acids is 1. The van der Waals surface area contributed by atoms with E-state index >= 15 is 0 Å². The Morgan fingerprint density at radius 2 is 2.00 bits per heavy atom. The number of aliphatic carboxylic acids is 1. The van der Waals surface area contributed by atoms with E-state index in [0.717, 1.165) is 30.4 Å². The summed E-state index contributed by atoms with van der Waals surface area (Å²) >= 11 is 0. The zero-order chi connectivity index (χ0) is 19.1. The highest BCUT2D eigenvalue weighted by Gasteiger charge is 2.39. The SMILES string of the molecule is Cc1cc(F)ccc1C=CC1C(O)CC(=O)C1CCCCCCC(=O)O. The van der Waals surface area contributed by atoms with Crippen molar-refractivity contribution in [3.63, 3.8) is 0 Å². The number of ketones is 1. The van der Waals surface area contributed by atoms with E-state index in [-0.39, 0.29) is 36.3 Å². The van der Waals surface area contributed by atoms with Crippen LogP contribution in [0.5, 0.6) is 0 Å². The fourth-order valence-corrected chi connectivity index (χ4v) is 3.63. The molecule has 1 aliphatic carbocycles. The molecule has 0 saturated heterocycles. The molecule has 0 aromatic heterocycles. The summed E-state index contributed by atoms with van der Waals surface area (Å²) in [6, 6.07) is 4.56. The number of halogens is 1. The molecular weight excluding hydrogens is 335 g/mol. The number of carbonyl (C=O) groups excluding carboxylic acids is 1. The Kier molecular flexibility index (Phi) is 7.51. The number of unbranched alkanes of at least 4 members (excludes halogenated alkanes) is 3. The maximum absolute atomic E-state index is 13.2. The highest BCUT2D eigenvalue weighted by Crippen LogP contribution is 2.35. The smallest absolute Gasteiger partial charge is 0.303 e. The van der Waals surface area contributed by atoms with Gasteiger partial charge >= 0.3 is 5.97 Å². The first-order valence-electron chi connectivity index (χ1n) is 9.25. The van der Waals surface area contributed by atoms with Crippen LogP contribution in [0.1, 0.15) is 56.1 Å². The minimum absolute atomic E-state index is 0.0912. The van der Waals surface area contributed by atoms with E-state index in [1.165, 1.54) is 12.1 Å². The monoisotopic (exact) mass is 362 g/mol. The second kappa shape index (κ2) is 9.62. The summed E-state index contributed by atoms with van der Waals surface area (Å²) in [5, 5.41) is 18.9. The average Bonchev–Trinajstić information content (AvgIpc) is 2.83. The number of Topliss-reactive ketones (excluding diaryl/α,β-unsaturated/α-hetero) is 1. The Labute approximate surface area is 153 Å². The molecule has 2 N–H and O–H groups in total. The molecule has 0 amide bonds.